The highest BCUT2D eigenvalue weighted by molar-refractivity contribution is 6.30. The standard InChI is InChI=1S/C15H19ClO3/c1-10-12(8-11(16)9-13(10)19-2)15(14(17)18)6-4-3-5-7-15/h8-9H,3-7H2,1-2H3,(H,17,18). The number of carboxylic acids is 1. The van der Waals surface area contributed by atoms with E-state index < -0.39 is 11.4 Å². The van der Waals surface area contributed by atoms with E-state index in [9.17, 15) is 9.90 Å². The molecular weight excluding hydrogens is 264 g/mol. The van der Waals surface area contributed by atoms with Crippen LogP contribution in [0.3, 0.4) is 0 Å². The van der Waals surface area contributed by atoms with Gasteiger partial charge in [0.1, 0.15) is 5.75 Å². The molecule has 2 rings (SSSR count). The SMILES string of the molecule is COc1cc(Cl)cc(C2(C(=O)O)CCCCC2)c1C. The molecule has 1 aliphatic rings. The number of halogens is 1. The fourth-order valence-corrected chi connectivity index (χ4v) is 3.33. The molecule has 0 bridgehead atoms. The van der Waals surface area contributed by atoms with Crippen LogP contribution in [0.2, 0.25) is 5.02 Å². The van der Waals surface area contributed by atoms with Gasteiger partial charge >= 0.3 is 5.97 Å². The van der Waals surface area contributed by atoms with Gasteiger partial charge in [-0.2, -0.15) is 0 Å². The topological polar surface area (TPSA) is 46.5 Å². The van der Waals surface area contributed by atoms with Crippen molar-refractivity contribution in [2.75, 3.05) is 7.11 Å². The van der Waals surface area contributed by atoms with Crippen molar-refractivity contribution in [3.63, 3.8) is 0 Å². The third-order valence-electron chi connectivity index (χ3n) is 4.18. The summed E-state index contributed by atoms with van der Waals surface area (Å²) in [6.45, 7) is 1.91. The Morgan fingerprint density at radius 3 is 2.47 bits per heavy atom. The Morgan fingerprint density at radius 2 is 1.95 bits per heavy atom. The smallest absolute Gasteiger partial charge is 0.314 e. The Morgan fingerprint density at radius 1 is 1.32 bits per heavy atom. The van der Waals surface area contributed by atoms with Crippen molar-refractivity contribution < 1.29 is 14.6 Å². The van der Waals surface area contributed by atoms with E-state index in [4.69, 9.17) is 16.3 Å². The molecule has 1 aromatic rings. The van der Waals surface area contributed by atoms with Crippen molar-refractivity contribution in [2.24, 2.45) is 0 Å². The van der Waals surface area contributed by atoms with Gasteiger partial charge in [0, 0.05) is 5.02 Å². The number of methoxy groups -OCH3 is 1. The van der Waals surface area contributed by atoms with Crippen molar-refractivity contribution in [3.8, 4) is 5.75 Å². The molecule has 0 amide bonds. The first kappa shape index (κ1) is 14.2. The minimum absolute atomic E-state index is 0.531. The minimum Gasteiger partial charge on any atom is -0.496 e. The molecular formula is C15H19ClO3. The van der Waals surface area contributed by atoms with Crippen molar-refractivity contribution in [1.82, 2.24) is 0 Å². The quantitative estimate of drug-likeness (QED) is 0.913. The van der Waals surface area contributed by atoms with Crippen molar-refractivity contribution in [3.05, 3.63) is 28.3 Å². The van der Waals surface area contributed by atoms with Crippen LogP contribution in [0.25, 0.3) is 0 Å². The van der Waals surface area contributed by atoms with Gasteiger partial charge in [0.25, 0.3) is 0 Å². The van der Waals surface area contributed by atoms with E-state index in [1.165, 1.54) is 0 Å². The number of hydrogen-bond donors (Lipinski definition) is 1. The van der Waals surface area contributed by atoms with E-state index in [-0.39, 0.29) is 0 Å². The zero-order valence-electron chi connectivity index (χ0n) is 11.3. The van der Waals surface area contributed by atoms with E-state index in [1.54, 1.807) is 19.2 Å². The van der Waals surface area contributed by atoms with Gasteiger partial charge in [0.05, 0.1) is 12.5 Å². The molecule has 104 valence electrons. The van der Waals surface area contributed by atoms with E-state index in [0.29, 0.717) is 23.6 Å². The lowest BCUT2D eigenvalue weighted by Crippen LogP contribution is -2.38. The number of hydrogen-bond acceptors (Lipinski definition) is 2. The van der Waals surface area contributed by atoms with E-state index in [1.807, 2.05) is 6.92 Å². The van der Waals surface area contributed by atoms with Crippen LogP contribution in [0.5, 0.6) is 5.75 Å². The number of carbonyl (C=O) groups is 1. The van der Waals surface area contributed by atoms with Crippen LogP contribution >= 0.6 is 11.6 Å². The van der Waals surface area contributed by atoms with Gasteiger partial charge in [0.2, 0.25) is 0 Å². The van der Waals surface area contributed by atoms with Crippen molar-refractivity contribution in [2.45, 2.75) is 44.4 Å². The molecule has 0 unspecified atom stereocenters. The molecule has 1 saturated carbocycles. The van der Waals surface area contributed by atoms with Crippen LogP contribution < -0.4 is 4.74 Å². The number of rotatable bonds is 3. The van der Waals surface area contributed by atoms with E-state index >= 15 is 0 Å². The summed E-state index contributed by atoms with van der Waals surface area (Å²) in [5.74, 6) is -0.0895. The van der Waals surface area contributed by atoms with Crippen LogP contribution in [-0.2, 0) is 10.2 Å². The van der Waals surface area contributed by atoms with Crippen LogP contribution in [0, 0.1) is 6.92 Å². The Kier molecular flexibility index (Phi) is 4.04. The maximum atomic E-state index is 11.9. The van der Waals surface area contributed by atoms with Gasteiger partial charge < -0.3 is 9.84 Å². The fraction of sp³-hybridized carbons (Fsp3) is 0.533. The largest absolute Gasteiger partial charge is 0.496 e. The highest BCUT2D eigenvalue weighted by atomic mass is 35.5. The zero-order valence-corrected chi connectivity index (χ0v) is 12.1. The molecule has 19 heavy (non-hydrogen) atoms. The molecule has 0 aromatic heterocycles. The first-order chi connectivity index (χ1) is 9.01. The molecule has 1 aliphatic carbocycles. The molecule has 3 nitrogen and oxygen atoms in total. The lowest BCUT2D eigenvalue weighted by Gasteiger charge is -2.35. The monoisotopic (exact) mass is 282 g/mol. The van der Waals surface area contributed by atoms with E-state index in [2.05, 4.69) is 0 Å². The molecule has 0 spiro atoms. The van der Waals surface area contributed by atoms with Gasteiger partial charge in [-0.15, -0.1) is 0 Å². The van der Waals surface area contributed by atoms with Gasteiger partial charge in [-0.1, -0.05) is 30.9 Å². The molecule has 1 aromatic carbocycles. The molecule has 4 heteroatoms. The summed E-state index contributed by atoms with van der Waals surface area (Å²) in [5, 5.41) is 10.3. The summed E-state index contributed by atoms with van der Waals surface area (Å²) in [5.41, 5.74) is 0.890. The highest BCUT2D eigenvalue weighted by Gasteiger charge is 2.42. The second kappa shape index (κ2) is 5.41. The lowest BCUT2D eigenvalue weighted by molar-refractivity contribution is -0.145. The van der Waals surface area contributed by atoms with Crippen LogP contribution in [0.1, 0.15) is 43.2 Å². The molecule has 0 aliphatic heterocycles. The summed E-state index contributed by atoms with van der Waals surface area (Å²) < 4.78 is 5.30. The van der Waals surface area contributed by atoms with Crippen LogP contribution in [0.15, 0.2) is 12.1 Å². The third kappa shape index (κ3) is 2.44. The van der Waals surface area contributed by atoms with Gasteiger partial charge in [0.15, 0.2) is 0 Å². The Balaban J connectivity index is 2.59. The predicted octanol–water partition coefficient (Wildman–Crippen LogP) is 3.94. The lowest BCUT2D eigenvalue weighted by atomic mass is 9.68. The highest BCUT2D eigenvalue weighted by Crippen LogP contribution is 2.44. The molecule has 0 radical (unpaired) electrons. The summed E-state index contributed by atoms with van der Waals surface area (Å²) >= 11 is 6.11. The van der Waals surface area contributed by atoms with Crippen molar-refractivity contribution in [1.29, 1.82) is 0 Å². The number of benzene rings is 1. The second-order valence-electron chi connectivity index (χ2n) is 5.23. The van der Waals surface area contributed by atoms with Crippen molar-refractivity contribution >= 4 is 17.6 Å². The fourth-order valence-electron chi connectivity index (χ4n) is 3.12. The Labute approximate surface area is 118 Å². The predicted molar refractivity (Wildman–Crippen MR) is 75.1 cm³/mol. The first-order valence-corrected chi connectivity index (χ1v) is 6.97. The third-order valence-corrected chi connectivity index (χ3v) is 4.40. The van der Waals surface area contributed by atoms with Gasteiger partial charge in [-0.05, 0) is 43.0 Å². The summed E-state index contributed by atoms with van der Waals surface area (Å²) in [6.07, 6.45) is 4.34. The molecule has 0 heterocycles. The molecule has 0 saturated heterocycles. The van der Waals surface area contributed by atoms with Gasteiger partial charge in [-0.3, -0.25) is 4.79 Å². The average molecular weight is 283 g/mol. The first-order valence-electron chi connectivity index (χ1n) is 6.59. The summed E-state index contributed by atoms with van der Waals surface area (Å²) in [6, 6.07) is 3.53. The number of ether oxygens (including phenoxy) is 1. The Hall–Kier alpha value is -1.22. The number of carboxylic acid groups (broad SMARTS) is 1. The van der Waals surface area contributed by atoms with Crippen LogP contribution in [0.4, 0.5) is 0 Å². The Bertz CT molecular complexity index is 490. The average Bonchev–Trinajstić information content (AvgIpc) is 2.41. The molecule has 1 fully saturated rings. The molecule has 0 atom stereocenters. The van der Waals surface area contributed by atoms with Crippen LogP contribution in [-0.4, -0.2) is 18.2 Å². The van der Waals surface area contributed by atoms with Gasteiger partial charge in [-0.25, -0.2) is 0 Å². The normalized spacial score (nSPS) is 18.1. The maximum Gasteiger partial charge on any atom is 0.314 e. The summed E-state index contributed by atoms with van der Waals surface area (Å²) in [7, 11) is 1.58. The summed E-state index contributed by atoms with van der Waals surface area (Å²) in [4.78, 5) is 11.9. The zero-order chi connectivity index (χ0) is 14.0. The molecule has 1 N–H and O–H groups in total. The number of aliphatic carboxylic acids is 1. The van der Waals surface area contributed by atoms with E-state index in [0.717, 1.165) is 30.4 Å². The second-order valence-corrected chi connectivity index (χ2v) is 5.66. The minimum atomic E-state index is -0.805. The maximum absolute atomic E-state index is 11.9.